The molecule has 2 aliphatic rings. The van der Waals surface area contributed by atoms with Gasteiger partial charge < -0.3 is 24.6 Å². The molecule has 0 aromatic carbocycles. The van der Waals surface area contributed by atoms with Crippen LogP contribution in [0.1, 0.15) is 18.7 Å². The number of nitrogens with one attached hydrogen (secondary N) is 1. The Labute approximate surface area is 120 Å². The van der Waals surface area contributed by atoms with Crippen molar-refractivity contribution in [1.29, 1.82) is 0 Å². The molecule has 9 nitrogen and oxygen atoms in total. The number of carbonyl (C=O) groups is 2. The van der Waals surface area contributed by atoms with Crippen LogP contribution in [0.2, 0.25) is 0 Å². The zero-order valence-corrected chi connectivity index (χ0v) is 11.4. The van der Waals surface area contributed by atoms with Crippen LogP contribution in [-0.4, -0.2) is 62.1 Å². The van der Waals surface area contributed by atoms with Crippen molar-refractivity contribution in [2.75, 3.05) is 13.1 Å². The highest BCUT2D eigenvalue weighted by Crippen LogP contribution is 2.19. The van der Waals surface area contributed by atoms with Crippen LogP contribution in [0.5, 0.6) is 0 Å². The number of aliphatic carboxylic acids is 1. The van der Waals surface area contributed by atoms with E-state index in [0.717, 1.165) is 5.82 Å². The minimum atomic E-state index is -0.945. The summed E-state index contributed by atoms with van der Waals surface area (Å²) in [5, 5.41) is 19.4. The minimum absolute atomic E-state index is 0.188. The largest absolute Gasteiger partial charge is 0.479 e. The maximum absolute atomic E-state index is 12.1. The van der Waals surface area contributed by atoms with E-state index in [0.29, 0.717) is 39.0 Å². The van der Waals surface area contributed by atoms with Crippen LogP contribution < -0.4 is 5.32 Å². The lowest BCUT2D eigenvalue weighted by molar-refractivity contribution is -0.149. The maximum atomic E-state index is 12.1. The monoisotopic (exact) mass is 295 g/mol. The number of carboxylic acids is 1. The fourth-order valence-corrected chi connectivity index (χ4v) is 2.59. The van der Waals surface area contributed by atoms with Gasteiger partial charge in [-0.25, -0.2) is 9.59 Å². The Morgan fingerprint density at radius 2 is 2.29 bits per heavy atom. The molecule has 0 aliphatic carbocycles. The molecule has 3 rings (SSSR count). The van der Waals surface area contributed by atoms with E-state index in [-0.39, 0.29) is 12.1 Å². The highest BCUT2D eigenvalue weighted by atomic mass is 16.5. The van der Waals surface area contributed by atoms with E-state index >= 15 is 0 Å². The van der Waals surface area contributed by atoms with Crippen molar-refractivity contribution in [3.8, 4) is 0 Å². The topological polar surface area (TPSA) is 110 Å². The smallest absolute Gasteiger partial charge is 0.332 e. The molecule has 21 heavy (non-hydrogen) atoms. The predicted molar refractivity (Wildman–Crippen MR) is 69.4 cm³/mol. The molecule has 0 radical (unpaired) electrons. The fourth-order valence-electron chi connectivity index (χ4n) is 2.59. The molecule has 9 heteroatoms. The fraction of sp³-hybridized carbons (Fsp3) is 0.667. The summed E-state index contributed by atoms with van der Waals surface area (Å²) in [6.07, 6.45) is 1.81. The van der Waals surface area contributed by atoms with E-state index in [9.17, 15) is 9.59 Å². The maximum Gasteiger partial charge on any atom is 0.332 e. The van der Waals surface area contributed by atoms with E-state index in [1.807, 2.05) is 4.57 Å². The lowest BCUT2D eigenvalue weighted by Crippen LogP contribution is -2.46. The number of ether oxygens (including phenoxy) is 1. The first-order valence-electron chi connectivity index (χ1n) is 6.91. The van der Waals surface area contributed by atoms with Crippen LogP contribution in [0.15, 0.2) is 6.33 Å². The summed E-state index contributed by atoms with van der Waals surface area (Å²) in [6.45, 7) is 2.03. The average molecular weight is 295 g/mol. The van der Waals surface area contributed by atoms with E-state index in [1.54, 1.807) is 11.2 Å². The summed E-state index contributed by atoms with van der Waals surface area (Å²) in [5.41, 5.74) is 0. The molecule has 3 heterocycles. The zero-order valence-electron chi connectivity index (χ0n) is 11.4. The molecule has 2 aliphatic heterocycles. The zero-order chi connectivity index (χ0) is 14.8. The summed E-state index contributed by atoms with van der Waals surface area (Å²) in [5.74, 6) is -0.182. The molecular weight excluding hydrogens is 278 g/mol. The summed E-state index contributed by atoms with van der Waals surface area (Å²) in [7, 11) is 0. The Bertz CT molecular complexity index is 546. The van der Waals surface area contributed by atoms with Gasteiger partial charge in [-0.3, -0.25) is 0 Å². The second-order valence-corrected chi connectivity index (χ2v) is 5.21. The van der Waals surface area contributed by atoms with Crippen molar-refractivity contribution < 1.29 is 19.4 Å². The van der Waals surface area contributed by atoms with Gasteiger partial charge in [0, 0.05) is 19.6 Å². The Hall–Kier alpha value is -2.16. The third kappa shape index (κ3) is 2.97. The molecule has 2 unspecified atom stereocenters. The number of hydrogen-bond acceptors (Lipinski definition) is 5. The van der Waals surface area contributed by atoms with Gasteiger partial charge in [0.2, 0.25) is 0 Å². The van der Waals surface area contributed by atoms with Gasteiger partial charge in [-0.05, 0) is 12.8 Å². The van der Waals surface area contributed by atoms with Crippen LogP contribution in [-0.2, 0) is 22.6 Å². The molecule has 1 saturated heterocycles. The summed E-state index contributed by atoms with van der Waals surface area (Å²) < 4.78 is 7.26. The number of carbonyl (C=O) groups excluding carboxylic acids is 1. The van der Waals surface area contributed by atoms with Crippen molar-refractivity contribution in [3.05, 3.63) is 12.2 Å². The summed E-state index contributed by atoms with van der Waals surface area (Å²) in [4.78, 5) is 24.5. The first-order valence-corrected chi connectivity index (χ1v) is 6.91. The second-order valence-electron chi connectivity index (χ2n) is 5.21. The molecular formula is C12H17N5O4. The first-order chi connectivity index (χ1) is 10.1. The number of hydrogen-bond donors (Lipinski definition) is 2. The molecule has 0 saturated carbocycles. The second kappa shape index (κ2) is 5.68. The van der Waals surface area contributed by atoms with Gasteiger partial charge in [-0.1, -0.05) is 0 Å². The Morgan fingerprint density at radius 1 is 1.43 bits per heavy atom. The van der Waals surface area contributed by atoms with Gasteiger partial charge >= 0.3 is 12.0 Å². The molecule has 2 N–H and O–H groups in total. The Morgan fingerprint density at radius 3 is 3.05 bits per heavy atom. The van der Waals surface area contributed by atoms with Gasteiger partial charge in [0.15, 0.2) is 11.9 Å². The summed E-state index contributed by atoms with van der Waals surface area (Å²) >= 11 is 0. The number of aromatic nitrogens is 3. The molecule has 0 spiro atoms. The number of carboxylic acid groups (broad SMARTS) is 1. The number of rotatable bonds is 3. The third-order valence-electron chi connectivity index (χ3n) is 3.79. The number of nitrogens with zero attached hydrogens (tertiary/aromatic N) is 4. The number of fused-ring (bicyclic) bond motifs is 1. The Kier molecular flexibility index (Phi) is 3.74. The molecule has 1 fully saturated rings. The van der Waals surface area contributed by atoms with Crippen LogP contribution in [0.4, 0.5) is 4.79 Å². The quantitative estimate of drug-likeness (QED) is 0.773. The lowest BCUT2D eigenvalue weighted by Gasteiger charge is -2.27. The van der Waals surface area contributed by atoms with E-state index in [4.69, 9.17) is 9.84 Å². The van der Waals surface area contributed by atoms with Crippen molar-refractivity contribution in [2.45, 2.75) is 38.1 Å². The molecule has 2 atom stereocenters. The number of urea groups is 1. The predicted octanol–water partition coefficient (Wildman–Crippen LogP) is -0.564. The van der Waals surface area contributed by atoms with Crippen LogP contribution in [0, 0.1) is 0 Å². The van der Waals surface area contributed by atoms with Crippen LogP contribution >= 0.6 is 0 Å². The highest BCUT2D eigenvalue weighted by molar-refractivity contribution is 5.74. The first kappa shape index (κ1) is 13.8. The van der Waals surface area contributed by atoms with E-state index in [2.05, 4.69) is 15.5 Å². The SMILES string of the molecule is O=C(O)C1CCC(CNC(=O)N2CCn3cnnc3C2)O1. The molecule has 0 bridgehead atoms. The standard InChI is InChI=1S/C12H17N5O4/c18-11(19)9-2-1-8(21-9)5-13-12(20)16-3-4-17-7-14-15-10(17)6-16/h7-9H,1-6H2,(H,13,20)(H,18,19). The lowest BCUT2D eigenvalue weighted by atomic mass is 10.2. The average Bonchev–Trinajstić information content (AvgIpc) is 3.12. The van der Waals surface area contributed by atoms with Gasteiger partial charge in [-0.15, -0.1) is 10.2 Å². The van der Waals surface area contributed by atoms with Crippen LogP contribution in [0.3, 0.4) is 0 Å². The Balaban J connectivity index is 1.46. The normalized spacial score (nSPS) is 24.7. The van der Waals surface area contributed by atoms with Crippen molar-refractivity contribution in [1.82, 2.24) is 25.0 Å². The van der Waals surface area contributed by atoms with E-state index < -0.39 is 12.1 Å². The van der Waals surface area contributed by atoms with E-state index in [1.165, 1.54) is 0 Å². The number of amides is 2. The minimum Gasteiger partial charge on any atom is -0.479 e. The molecule has 1 aromatic rings. The van der Waals surface area contributed by atoms with Gasteiger partial charge in [-0.2, -0.15) is 0 Å². The van der Waals surface area contributed by atoms with Crippen molar-refractivity contribution in [2.24, 2.45) is 0 Å². The summed E-state index contributed by atoms with van der Waals surface area (Å²) in [6, 6.07) is -0.188. The van der Waals surface area contributed by atoms with Gasteiger partial charge in [0.1, 0.15) is 6.33 Å². The highest BCUT2D eigenvalue weighted by Gasteiger charge is 2.31. The van der Waals surface area contributed by atoms with Crippen molar-refractivity contribution in [3.63, 3.8) is 0 Å². The van der Waals surface area contributed by atoms with Gasteiger partial charge in [0.05, 0.1) is 12.6 Å². The molecule has 2 amide bonds. The molecule has 114 valence electrons. The molecule has 1 aromatic heterocycles. The van der Waals surface area contributed by atoms with Crippen LogP contribution in [0.25, 0.3) is 0 Å². The third-order valence-corrected chi connectivity index (χ3v) is 3.79. The van der Waals surface area contributed by atoms with Gasteiger partial charge in [0.25, 0.3) is 0 Å². The van der Waals surface area contributed by atoms with Crippen molar-refractivity contribution >= 4 is 12.0 Å².